The smallest absolute Gasteiger partial charge is 0.415 e. The molecule has 3 nitrogen and oxygen atoms in total. The number of halogens is 4. The first-order valence-corrected chi connectivity index (χ1v) is 5.76. The van der Waals surface area contributed by atoms with Crippen LogP contribution in [0.3, 0.4) is 0 Å². The quantitative estimate of drug-likeness (QED) is 0.276. The fourth-order valence-electron chi connectivity index (χ4n) is 2.12. The van der Waals surface area contributed by atoms with Gasteiger partial charge in [0.05, 0.1) is 7.11 Å². The molecule has 0 aromatic heterocycles. The lowest BCUT2D eigenvalue weighted by molar-refractivity contribution is -0.236. The minimum Gasteiger partial charge on any atom is -0.468 e. The molecule has 0 saturated heterocycles. The van der Waals surface area contributed by atoms with E-state index in [1.54, 1.807) is 0 Å². The normalized spacial score (nSPS) is 15.7. The Kier molecular flexibility index (Phi) is 4.88. The van der Waals surface area contributed by atoms with E-state index in [0.29, 0.717) is 13.2 Å². The van der Waals surface area contributed by atoms with Crippen LogP contribution >= 0.6 is 0 Å². The van der Waals surface area contributed by atoms with Crippen molar-refractivity contribution in [1.82, 2.24) is 0 Å². The molecule has 0 aliphatic heterocycles. The van der Waals surface area contributed by atoms with Crippen LogP contribution in [0.2, 0.25) is 0 Å². The van der Waals surface area contributed by atoms with Crippen LogP contribution in [0.15, 0.2) is 43.0 Å². The summed E-state index contributed by atoms with van der Waals surface area (Å²) >= 11 is 0. The number of carbonyl (C=O) groups is 2. The molecule has 0 N–H and O–H groups in total. The van der Waals surface area contributed by atoms with Gasteiger partial charge in [-0.05, 0) is 5.56 Å². The summed E-state index contributed by atoms with van der Waals surface area (Å²) in [7, 11) is 0.650. The Morgan fingerprint density at radius 1 is 1.24 bits per heavy atom. The second-order valence-corrected chi connectivity index (χ2v) is 4.20. The van der Waals surface area contributed by atoms with E-state index in [0.717, 1.165) is 0 Å². The molecular formula is C14H12F4O3. The van der Waals surface area contributed by atoms with Crippen molar-refractivity contribution in [3.63, 3.8) is 0 Å². The molecule has 2 unspecified atom stereocenters. The number of benzene rings is 1. The predicted octanol–water partition coefficient (Wildman–Crippen LogP) is 3.17. The first-order valence-electron chi connectivity index (χ1n) is 5.76. The average Bonchev–Trinajstić information content (AvgIpc) is 2.42. The third kappa shape index (κ3) is 2.68. The standard InChI is InChI=1S/C14H12F4O3/c1-3-10(9-7-5-4-6-8-9)13(11(15)19,12(20)21-2)14(16,17)18/h3-8,10H,1H2,2H3. The zero-order chi connectivity index (χ0) is 16.3. The van der Waals surface area contributed by atoms with Gasteiger partial charge in [0.1, 0.15) is 0 Å². The molecule has 1 aromatic carbocycles. The molecule has 0 fully saturated rings. The van der Waals surface area contributed by atoms with E-state index in [1.807, 2.05) is 0 Å². The molecule has 0 spiro atoms. The fraction of sp³-hybridized carbons (Fsp3) is 0.286. The molecule has 1 rings (SSSR count). The average molecular weight is 304 g/mol. The lowest BCUT2D eigenvalue weighted by Crippen LogP contribution is -2.54. The SMILES string of the molecule is C=CC(c1ccccc1)C(C(=O)F)(C(=O)OC)C(F)(F)F. The van der Waals surface area contributed by atoms with E-state index in [1.165, 1.54) is 30.3 Å². The third-order valence-corrected chi connectivity index (χ3v) is 3.13. The van der Waals surface area contributed by atoms with Crippen LogP contribution in [0.4, 0.5) is 17.6 Å². The van der Waals surface area contributed by atoms with Crippen LogP contribution in [-0.4, -0.2) is 25.3 Å². The van der Waals surface area contributed by atoms with E-state index in [2.05, 4.69) is 11.3 Å². The van der Waals surface area contributed by atoms with Crippen LogP contribution in [-0.2, 0) is 14.3 Å². The molecule has 0 saturated carbocycles. The lowest BCUT2D eigenvalue weighted by Gasteiger charge is -2.34. The highest BCUT2D eigenvalue weighted by Crippen LogP contribution is 2.51. The highest BCUT2D eigenvalue weighted by Gasteiger charge is 2.71. The van der Waals surface area contributed by atoms with Crippen molar-refractivity contribution in [2.75, 3.05) is 7.11 Å². The molecule has 2 atom stereocenters. The number of ether oxygens (including phenoxy) is 1. The summed E-state index contributed by atoms with van der Waals surface area (Å²) in [6.45, 7) is 3.19. The maximum atomic E-state index is 13.4. The van der Waals surface area contributed by atoms with Crippen LogP contribution in [0.1, 0.15) is 11.5 Å². The summed E-state index contributed by atoms with van der Waals surface area (Å²) in [5.41, 5.74) is -4.05. The Hall–Kier alpha value is -2.18. The second kappa shape index (κ2) is 6.07. The zero-order valence-corrected chi connectivity index (χ0v) is 11.0. The molecule has 0 aliphatic carbocycles. The van der Waals surface area contributed by atoms with Gasteiger partial charge in [-0.3, -0.25) is 9.59 Å². The van der Waals surface area contributed by atoms with Crippen LogP contribution < -0.4 is 0 Å². The van der Waals surface area contributed by atoms with Gasteiger partial charge in [-0.25, -0.2) is 0 Å². The van der Waals surface area contributed by atoms with Gasteiger partial charge in [-0.2, -0.15) is 17.6 Å². The van der Waals surface area contributed by atoms with Crippen LogP contribution in [0.5, 0.6) is 0 Å². The van der Waals surface area contributed by atoms with Crippen molar-refractivity contribution in [2.45, 2.75) is 12.1 Å². The van der Waals surface area contributed by atoms with Gasteiger partial charge in [-0.15, -0.1) is 6.58 Å². The van der Waals surface area contributed by atoms with E-state index < -0.39 is 29.5 Å². The Labute approximate surface area is 118 Å². The van der Waals surface area contributed by atoms with Gasteiger partial charge in [0.15, 0.2) is 0 Å². The van der Waals surface area contributed by atoms with Gasteiger partial charge >= 0.3 is 18.2 Å². The molecule has 0 aliphatic rings. The largest absolute Gasteiger partial charge is 0.468 e. The molecular weight excluding hydrogens is 292 g/mol. The van der Waals surface area contributed by atoms with Crippen molar-refractivity contribution >= 4 is 12.0 Å². The minimum atomic E-state index is -5.49. The van der Waals surface area contributed by atoms with Crippen molar-refractivity contribution in [2.24, 2.45) is 5.41 Å². The Bertz CT molecular complexity index is 539. The zero-order valence-electron chi connectivity index (χ0n) is 11.0. The number of rotatable bonds is 5. The maximum absolute atomic E-state index is 13.4. The molecule has 0 bridgehead atoms. The summed E-state index contributed by atoms with van der Waals surface area (Å²) in [5.74, 6) is -3.96. The summed E-state index contributed by atoms with van der Waals surface area (Å²) in [6, 6.07) is 3.95. The van der Waals surface area contributed by atoms with Gasteiger partial charge < -0.3 is 4.74 Å². The van der Waals surface area contributed by atoms with Crippen molar-refractivity contribution in [3.05, 3.63) is 48.6 Å². The highest BCUT2D eigenvalue weighted by atomic mass is 19.4. The number of hydrogen-bond donors (Lipinski definition) is 0. The minimum absolute atomic E-state index is 0.0822. The highest BCUT2D eigenvalue weighted by molar-refractivity contribution is 6.02. The number of allylic oxidation sites excluding steroid dienone is 1. The van der Waals surface area contributed by atoms with Crippen LogP contribution in [0, 0.1) is 5.41 Å². The summed E-state index contributed by atoms with van der Waals surface area (Å²) in [5, 5.41) is 0. The topological polar surface area (TPSA) is 43.4 Å². The first kappa shape index (κ1) is 16.9. The van der Waals surface area contributed by atoms with Crippen molar-refractivity contribution in [3.8, 4) is 0 Å². The first-order chi connectivity index (χ1) is 9.73. The predicted molar refractivity (Wildman–Crippen MR) is 66.0 cm³/mol. The van der Waals surface area contributed by atoms with Gasteiger partial charge in [0, 0.05) is 5.92 Å². The van der Waals surface area contributed by atoms with Gasteiger partial charge in [0.2, 0.25) is 0 Å². The number of alkyl halides is 3. The summed E-state index contributed by atoms with van der Waals surface area (Å²) in [4.78, 5) is 22.8. The van der Waals surface area contributed by atoms with Crippen LogP contribution in [0.25, 0.3) is 0 Å². The molecule has 7 heteroatoms. The second-order valence-electron chi connectivity index (χ2n) is 4.20. The summed E-state index contributed by atoms with van der Waals surface area (Å²) in [6.07, 6.45) is -4.78. The maximum Gasteiger partial charge on any atom is 0.415 e. The number of hydrogen-bond acceptors (Lipinski definition) is 3. The fourth-order valence-corrected chi connectivity index (χ4v) is 2.12. The molecule has 0 heterocycles. The number of esters is 1. The monoisotopic (exact) mass is 304 g/mol. The van der Waals surface area contributed by atoms with Gasteiger partial charge in [0.25, 0.3) is 5.41 Å². The number of carbonyl (C=O) groups excluding carboxylic acids is 2. The molecule has 0 amide bonds. The van der Waals surface area contributed by atoms with Crippen molar-refractivity contribution < 1.29 is 31.9 Å². The van der Waals surface area contributed by atoms with Crippen molar-refractivity contribution in [1.29, 1.82) is 0 Å². The van der Waals surface area contributed by atoms with E-state index in [-0.39, 0.29) is 5.56 Å². The molecule has 114 valence electrons. The Morgan fingerprint density at radius 2 is 1.76 bits per heavy atom. The molecule has 21 heavy (non-hydrogen) atoms. The lowest BCUT2D eigenvalue weighted by atomic mass is 9.71. The van der Waals surface area contributed by atoms with Gasteiger partial charge in [-0.1, -0.05) is 36.4 Å². The third-order valence-electron chi connectivity index (χ3n) is 3.13. The number of methoxy groups -OCH3 is 1. The Morgan fingerprint density at radius 3 is 2.10 bits per heavy atom. The van der Waals surface area contributed by atoms with E-state index >= 15 is 0 Å². The van der Waals surface area contributed by atoms with E-state index in [4.69, 9.17) is 0 Å². The summed E-state index contributed by atoms with van der Waals surface area (Å²) < 4.78 is 57.5. The molecule has 1 aromatic rings. The van der Waals surface area contributed by atoms with E-state index in [9.17, 15) is 27.2 Å². The Balaban J connectivity index is 3.66. The molecule has 0 radical (unpaired) electrons.